The van der Waals surface area contributed by atoms with E-state index >= 15 is 0 Å². The van der Waals surface area contributed by atoms with E-state index in [1.54, 1.807) is 0 Å². The summed E-state index contributed by atoms with van der Waals surface area (Å²) in [5, 5.41) is 0. The molecular formula is C3HF5O. The van der Waals surface area contributed by atoms with Crippen molar-refractivity contribution < 1.29 is 26.7 Å². The zero-order chi connectivity index (χ0) is 7.49. The van der Waals surface area contributed by atoms with Crippen molar-refractivity contribution >= 4 is 0 Å². The molecule has 0 fully saturated rings. The van der Waals surface area contributed by atoms with Crippen LogP contribution in [0.25, 0.3) is 0 Å². The first kappa shape index (κ1) is 8.19. The molecule has 0 aliphatic heterocycles. The van der Waals surface area contributed by atoms with Crippen molar-refractivity contribution in [3.8, 4) is 0 Å². The number of rotatable bonds is 1. The van der Waals surface area contributed by atoms with E-state index in [9.17, 15) is 22.0 Å². The van der Waals surface area contributed by atoms with Crippen LogP contribution in [0.4, 0.5) is 22.0 Å². The van der Waals surface area contributed by atoms with E-state index in [-0.39, 0.29) is 0 Å². The average molecular weight is 148 g/mol. The number of ether oxygens (including phenoxy) is 1. The molecule has 6 heteroatoms. The van der Waals surface area contributed by atoms with Crippen molar-refractivity contribution in [1.82, 2.24) is 0 Å². The first-order chi connectivity index (χ1) is 3.95. The van der Waals surface area contributed by atoms with E-state index in [1.807, 2.05) is 0 Å². The van der Waals surface area contributed by atoms with Gasteiger partial charge in [-0.1, -0.05) is 0 Å². The van der Waals surface area contributed by atoms with Gasteiger partial charge in [-0.05, 0) is 0 Å². The summed E-state index contributed by atoms with van der Waals surface area (Å²) in [6.07, 6.45) is -6.08. The van der Waals surface area contributed by atoms with Crippen molar-refractivity contribution in [2.45, 2.75) is 6.36 Å². The molecule has 0 aromatic heterocycles. The van der Waals surface area contributed by atoms with E-state index in [1.165, 1.54) is 0 Å². The summed E-state index contributed by atoms with van der Waals surface area (Å²) < 4.78 is 56.8. The molecule has 0 aliphatic rings. The second-order valence-corrected chi connectivity index (χ2v) is 0.961. The molecule has 0 amide bonds. The molecule has 0 aliphatic carbocycles. The average Bonchev–Trinajstić information content (AvgIpc) is 1.62. The molecule has 0 aromatic carbocycles. The summed E-state index contributed by atoms with van der Waals surface area (Å²) >= 11 is 0. The van der Waals surface area contributed by atoms with Gasteiger partial charge in [0.1, 0.15) is 0 Å². The van der Waals surface area contributed by atoms with Gasteiger partial charge in [0, 0.05) is 0 Å². The van der Waals surface area contributed by atoms with E-state index in [4.69, 9.17) is 0 Å². The van der Waals surface area contributed by atoms with Crippen LogP contribution in [-0.2, 0) is 4.74 Å². The Morgan fingerprint density at radius 3 is 1.89 bits per heavy atom. The Morgan fingerprint density at radius 2 is 1.78 bits per heavy atom. The van der Waals surface area contributed by atoms with Crippen molar-refractivity contribution in [3.05, 3.63) is 12.3 Å². The molecule has 0 bridgehead atoms. The molecule has 9 heavy (non-hydrogen) atoms. The lowest BCUT2D eigenvalue weighted by Crippen LogP contribution is -2.10. The van der Waals surface area contributed by atoms with Crippen molar-refractivity contribution in [3.63, 3.8) is 0 Å². The highest BCUT2D eigenvalue weighted by molar-refractivity contribution is 4.71. The third-order valence-electron chi connectivity index (χ3n) is 0.299. The van der Waals surface area contributed by atoms with Gasteiger partial charge in [-0.15, -0.1) is 13.2 Å². The minimum atomic E-state index is -5.16. The first-order valence-electron chi connectivity index (χ1n) is 1.67. The van der Waals surface area contributed by atoms with E-state index in [0.717, 1.165) is 0 Å². The Morgan fingerprint density at radius 1 is 1.33 bits per heavy atom. The second-order valence-electron chi connectivity index (χ2n) is 0.961. The summed E-state index contributed by atoms with van der Waals surface area (Å²) in [6.45, 7) is 0. The molecule has 0 heterocycles. The highest BCUT2D eigenvalue weighted by Crippen LogP contribution is 2.20. The molecule has 0 rings (SSSR count). The molecule has 0 unspecified atom stereocenters. The summed E-state index contributed by atoms with van der Waals surface area (Å²) in [5.74, 6) is 0. The minimum absolute atomic E-state index is 0.923. The molecule has 0 spiro atoms. The van der Waals surface area contributed by atoms with Gasteiger partial charge in [0.15, 0.2) is 6.33 Å². The summed E-state index contributed by atoms with van der Waals surface area (Å²) in [4.78, 5) is 0. The van der Waals surface area contributed by atoms with Crippen LogP contribution in [0, 0.1) is 0 Å². The lowest BCUT2D eigenvalue weighted by atomic mass is 11.0. The number of alkyl halides is 3. The predicted molar refractivity (Wildman–Crippen MR) is 17.4 cm³/mol. The van der Waals surface area contributed by atoms with Crippen LogP contribution in [0.3, 0.4) is 0 Å². The molecule has 0 saturated carbocycles. The largest absolute Gasteiger partial charge is 0.574 e. The third kappa shape index (κ3) is 5.05. The van der Waals surface area contributed by atoms with Gasteiger partial charge in [0.05, 0.1) is 0 Å². The Kier molecular flexibility index (Phi) is 2.41. The van der Waals surface area contributed by atoms with Crippen LogP contribution < -0.4 is 0 Å². The third-order valence-corrected chi connectivity index (χ3v) is 0.299. The summed E-state index contributed by atoms with van der Waals surface area (Å²) in [5.41, 5.74) is 0. The zero-order valence-electron chi connectivity index (χ0n) is 3.88. The number of halogens is 5. The highest BCUT2D eigenvalue weighted by Gasteiger charge is 2.32. The van der Waals surface area contributed by atoms with Crippen molar-refractivity contribution in [2.75, 3.05) is 0 Å². The highest BCUT2D eigenvalue weighted by atomic mass is 19.4. The van der Waals surface area contributed by atoms with Gasteiger partial charge in [0.25, 0.3) is 0 Å². The fourth-order valence-corrected chi connectivity index (χ4v) is 0.133. The fourth-order valence-electron chi connectivity index (χ4n) is 0.133. The maximum absolute atomic E-state index is 11.2. The SMILES string of the molecule is FC=C(F)OC(F)(F)F. The standard InChI is InChI=1S/C3HF5O/c4-1-2(5)9-3(6,7)8/h1H. The van der Waals surface area contributed by atoms with Crippen LogP contribution in [0.15, 0.2) is 12.3 Å². The smallest absolute Gasteiger partial charge is 0.377 e. The van der Waals surface area contributed by atoms with Crippen LogP contribution in [0.1, 0.15) is 0 Å². The van der Waals surface area contributed by atoms with Gasteiger partial charge >= 0.3 is 12.4 Å². The molecule has 0 aromatic rings. The van der Waals surface area contributed by atoms with Gasteiger partial charge in [-0.25, -0.2) is 4.39 Å². The number of hydrogen-bond acceptors (Lipinski definition) is 1. The topological polar surface area (TPSA) is 9.23 Å². The minimum Gasteiger partial charge on any atom is -0.377 e. The molecule has 0 saturated heterocycles. The normalized spacial score (nSPS) is 13.7. The van der Waals surface area contributed by atoms with Gasteiger partial charge < -0.3 is 4.74 Å². The molecule has 0 atom stereocenters. The lowest BCUT2D eigenvalue weighted by Gasteiger charge is -2.03. The van der Waals surface area contributed by atoms with Crippen LogP contribution in [0.2, 0.25) is 0 Å². The maximum atomic E-state index is 11.2. The zero-order valence-corrected chi connectivity index (χ0v) is 3.88. The van der Waals surface area contributed by atoms with Gasteiger partial charge in [-0.3, -0.25) is 0 Å². The molecule has 1 nitrogen and oxygen atoms in total. The van der Waals surface area contributed by atoms with E-state index in [2.05, 4.69) is 4.74 Å². The Labute approximate surface area is 46.7 Å². The second kappa shape index (κ2) is 2.65. The van der Waals surface area contributed by atoms with Crippen molar-refractivity contribution in [2.24, 2.45) is 0 Å². The summed E-state index contributed by atoms with van der Waals surface area (Å²) in [7, 11) is 0. The Hall–Kier alpha value is -0.810. The van der Waals surface area contributed by atoms with Crippen LogP contribution in [-0.4, -0.2) is 6.36 Å². The van der Waals surface area contributed by atoms with E-state index < -0.39 is 18.7 Å². The van der Waals surface area contributed by atoms with Crippen LogP contribution >= 0.6 is 0 Å². The lowest BCUT2D eigenvalue weighted by molar-refractivity contribution is -0.314. The van der Waals surface area contributed by atoms with E-state index in [0.29, 0.717) is 0 Å². The molecule has 54 valence electrons. The quantitative estimate of drug-likeness (QED) is 0.409. The van der Waals surface area contributed by atoms with Gasteiger partial charge in [0.2, 0.25) is 0 Å². The summed E-state index contributed by atoms with van der Waals surface area (Å²) in [6, 6.07) is -2.30. The molecule has 0 radical (unpaired) electrons. The monoisotopic (exact) mass is 148 g/mol. The number of hydrogen-bond donors (Lipinski definition) is 0. The van der Waals surface area contributed by atoms with Crippen LogP contribution in [0.5, 0.6) is 0 Å². The van der Waals surface area contributed by atoms with Crippen molar-refractivity contribution in [1.29, 1.82) is 0 Å². The Balaban J connectivity index is 3.75. The first-order valence-corrected chi connectivity index (χ1v) is 1.67. The van der Waals surface area contributed by atoms with Gasteiger partial charge in [-0.2, -0.15) is 4.39 Å². The fraction of sp³-hybridized carbons (Fsp3) is 0.333. The Bertz CT molecular complexity index is 114. The maximum Gasteiger partial charge on any atom is 0.574 e. The molecular weight excluding hydrogens is 147 g/mol. The predicted octanol–water partition coefficient (Wildman–Crippen LogP) is 2.26. The molecule has 0 N–H and O–H groups in total.